The Morgan fingerprint density at radius 2 is 1.65 bits per heavy atom. The van der Waals surface area contributed by atoms with E-state index in [1.807, 2.05) is 0 Å². The monoisotopic (exact) mass is 488 g/mol. The zero-order chi connectivity index (χ0) is 24.5. The summed E-state index contributed by atoms with van der Waals surface area (Å²) in [5.41, 5.74) is 0.124. The Kier molecular flexibility index (Phi) is 6.28. The van der Waals surface area contributed by atoms with Gasteiger partial charge in [0.2, 0.25) is 4.93 Å². The van der Waals surface area contributed by atoms with Crippen molar-refractivity contribution in [2.24, 2.45) is 0 Å². The first-order valence-corrected chi connectivity index (χ1v) is 10.9. The molecular formula is C24H19F3N2O4S. The molecule has 10 heteroatoms. The summed E-state index contributed by atoms with van der Waals surface area (Å²) in [7, 11) is 1.43. The minimum Gasteiger partial charge on any atom is -0.497 e. The Balaban J connectivity index is 1.91. The first-order chi connectivity index (χ1) is 16.2. The van der Waals surface area contributed by atoms with Gasteiger partial charge < -0.3 is 15.2 Å². The average molecular weight is 488 g/mol. The van der Waals surface area contributed by atoms with Crippen molar-refractivity contribution < 1.29 is 32.6 Å². The van der Waals surface area contributed by atoms with Crippen LogP contribution in [0, 0.1) is 0 Å². The number of alkyl halides is 3. The highest BCUT2D eigenvalue weighted by molar-refractivity contribution is 8.00. The second-order valence-electron chi connectivity index (χ2n) is 7.42. The Hall–Kier alpha value is -3.50. The van der Waals surface area contributed by atoms with Crippen LogP contribution in [0.15, 0.2) is 83.8 Å². The van der Waals surface area contributed by atoms with E-state index in [1.54, 1.807) is 12.1 Å². The molecule has 2 atom stereocenters. The van der Waals surface area contributed by atoms with Gasteiger partial charge in [-0.05, 0) is 48.5 Å². The maximum atomic E-state index is 14.5. The predicted molar refractivity (Wildman–Crippen MR) is 122 cm³/mol. The van der Waals surface area contributed by atoms with E-state index in [4.69, 9.17) is 4.74 Å². The third kappa shape index (κ3) is 4.22. The molecule has 0 saturated carbocycles. The summed E-state index contributed by atoms with van der Waals surface area (Å²) in [6, 6.07) is 16.6. The molecule has 2 N–H and O–H groups in total. The molecule has 34 heavy (non-hydrogen) atoms. The minimum absolute atomic E-state index is 0.00809. The molecule has 2 amide bonds. The molecule has 3 aromatic rings. The highest BCUT2D eigenvalue weighted by atomic mass is 32.2. The van der Waals surface area contributed by atoms with Gasteiger partial charge in [-0.25, -0.2) is 0 Å². The third-order valence-corrected chi connectivity index (χ3v) is 6.63. The number of carbonyl (C=O) groups is 2. The zero-order valence-corrected chi connectivity index (χ0v) is 18.6. The van der Waals surface area contributed by atoms with Crippen LogP contribution in [-0.2, 0) is 4.79 Å². The SMILES string of the molecule is COc1ccc(C(=O)N(c2ccccc2)C2C(=O)Nc3ccccc3SC2(O)C(F)(F)F)cc1. The fraction of sp³-hybridized carbons (Fsp3) is 0.167. The van der Waals surface area contributed by atoms with Crippen molar-refractivity contribution in [2.75, 3.05) is 17.3 Å². The molecule has 6 nitrogen and oxygen atoms in total. The van der Waals surface area contributed by atoms with Gasteiger partial charge >= 0.3 is 6.18 Å². The standard InChI is InChI=1S/C24H19F3N2O4S/c1-33-17-13-11-15(12-14-17)22(31)29(16-7-3-2-4-8-16)20-21(30)28-18-9-5-6-10-19(18)34-23(20,32)24(25,26)27/h2-14,20,32H,1H3,(H,28,30). The number of hydrogen-bond acceptors (Lipinski definition) is 5. The van der Waals surface area contributed by atoms with Crippen molar-refractivity contribution in [1.82, 2.24) is 0 Å². The number of fused-ring (bicyclic) bond motifs is 1. The lowest BCUT2D eigenvalue weighted by atomic mass is 10.0. The number of methoxy groups -OCH3 is 1. The van der Waals surface area contributed by atoms with E-state index >= 15 is 0 Å². The van der Waals surface area contributed by atoms with Crippen LogP contribution < -0.4 is 15.0 Å². The van der Waals surface area contributed by atoms with E-state index in [1.165, 1.54) is 73.8 Å². The molecule has 4 rings (SSSR count). The topological polar surface area (TPSA) is 78.9 Å². The fourth-order valence-electron chi connectivity index (χ4n) is 3.61. The zero-order valence-electron chi connectivity index (χ0n) is 17.7. The molecule has 0 fully saturated rings. The number of aliphatic hydroxyl groups is 1. The second-order valence-corrected chi connectivity index (χ2v) is 8.69. The molecule has 1 heterocycles. The van der Waals surface area contributed by atoms with Gasteiger partial charge in [-0.15, -0.1) is 0 Å². The molecule has 1 aliphatic rings. The van der Waals surface area contributed by atoms with Gasteiger partial charge in [-0.1, -0.05) is 42.1 Å². The summed E-state index contributed by atoms with van der Waals surface area (Å²) >= 11 is 0.0739. The predicted octanol–water partition coefficient (Wildman–Crippen LogP) is 4.71. The van der Waals surface area contributed by atoms with E-state index < -0.39 is 29.0 Å². The van der Waals surface area contributed by atoms with Crippen LogP contribution >= 0.6 is 11.8 Å². The van der Waals surface area contributed by atoms with Gasteiger partial charge in [0.05, 0.1) is 12.8 Å². The van der Waals surface area contributed by atoms with Crippen LogP contribution in [0.3, 0.4) is 0 Å². The lowest BCUT2D eigenvalue weighted by Crippen LogP contribution is -2.64. The van der Waals surface area contributed by atoms with E-state index in [9.17, 15) is 27.9 Å². The van der Waals surface area contributed by atoms with Crippen LogP contribution in [0.25, 0.3) is 0 Å². The number of nitrogens with one attached hydrogen (secondary N) is 1. The van der Waals surface area contributed by atoms with Crippen molar-refractivity contribution in [1.29, 1.82) is 0 Å². The number of nitrogens with zero attached hydrogens (tertiary/aromatic N) is 1. The highest BCUT2D eigenvalue weighted by Crippen LogP contribution is 2.51. The summed E-state index contributed by atoms with van der Waals surface area (Å²) in [6.07, 6.45) is -5.27. The Morgan fingerprint density at radius 3 is 2.26 bits per heavy atom. The summed E-state index contributed by atoms with van der Waals surface area (Å²) in [4.78, 5) is 23.9. The Bertz CT molecular complexity index is 1200. The highest BCUT2D eigenvalue weighted by Gasteiger charge is 2.65. The van der Waals surface area contributed by atoms with Gasteiger partial charge in [0, 0.05) is 16.1 Å². The fourth-order valence-corrected chi connectivity index (χ4v) is 4.76. The molecule has 0 bridgehead atoms. The summed E-state index contributed by atoms with van der Waals surface area (Å²) < 4.78 is 48.5. The quantitative estimate of drug-likeness (QED) is 0.557. The van der Waals surface area contributed by atoms with E-state index in [0.717, 1.165) is 0 Å². The first-order valence-electron chi connectivity index (χ1n) is 10.1. The largest absolute Gasteiger partial charge is 0.497 e. The molecule has 0 saturated heterocycles. The molecule has 0 aromatic heterocycles. The van der Waals surface area contributed by atoms with Crippen molar-refractivity contribution in [3.63, 3.8) is 0 Å². The van der Waals surface area contributed by atoms with Gasteiger partial charge in [-0.2, -0.15) is 13.2 Å². The lowest BCUT2D eigenvalue weighted by Gasteiger charge is -2.40. The number of anilines is 2. The number of benzene rings is 3. The van der Waals surface area contributed by atoms with Crippen LogP contribution in [0.4, 0.5) is 24.5 Å². The van der Waals surface area contributed by atoms with Crippen molar-refractivity contribution in [3.8, 4) is 5.75 Å². The molecule has 0 radical (unpaired) electrons. The third-order valence-electron chi connectivity index (χ3n) is 5.28. The number of hydrogen-bond donors (Lipinski definition) is 2. The number of ether oxygens (including phenoxy) is 1. The van der Waals surface area contributed by atoms with E-state index in [2.05, 4.69) is 5.32 Å². The van der Waals surface area contributed by atoms with Crippen molar-refractivity contribution in [3.05, 3.63) is 84.4 Å². The van der Waals surface area contributed by atoms with Gasteiger partial charge in [0.1, 0.15) is 5.75 Å². The molecular weight excluding hydrogens is 469 g/mol. The van der Waals surface area contributed by atoms with Gasteiger partial charge in [-0.3, -0.25) is 14.5 Å². The smallest absolute Gasteiger partial charge is 0.429 e. The minimum atomic E-state index is -5.27. The van der Waals surface area contributed by atoms with Crippen LogP contribution in [-0.4, -0.2) is 41.2 Å². The molecule has 0 spiro atoms. The average Bonchev–Trinajstić information content (AvgIpc) is 2.94. The summed E-state index contributed by atoms with van der Waals surface area (Å²) in [5.74, 6) is -1.64. The number of para-hydroxylation sites is 2. The molecule has 3 aromatic carbocycles. The Labute approximate surface area is 197 Å². The van der Waals surface area contributed by atoms with Gasteiger partial charge in [0.25, 0.3) is 11.8 Å². The molecule has 1 aliphatic heterocycles. The number of rotatable bonds is 4. The summed E-state index contributed by atoms with van der Waals surface area (Å²) in [5, 5.41) is 13.6. The molecule has 176 valence electrons. The molecule has 2 unspecified atom stereocenters. The lowest BCUT2D eigenvalue weighted by molar-refractivity contribution is -0.225. The maximum Gasteiger partial charge on any atom is 0.429 e. The van der Waals surface area contributed by atoms with Crippen molar-refractivity contribution >= 4 is 35.0 Å². The van der Waals surface area contributed by atoms with Crippen LogP contribution in [0.5, 0.6) is 5.75 Å². The second kappa shape index (κ2) is 9.03. The summed E-state index contributed by atoms with van der Waals surface area (Å²) in [6.45, 7) is 0. The Morgan fingerprint density at radius 1 is 1.03 bits per heavy atom. The van der Waals surface area contributed by atoms with E-state index in [-0.39, 0.29) is 33.6 Å². The van der Waals surface area contributed by atoms with Crippen molar-refractivity contribution in [2.45, 2.75) is 22.0 Å². The van der Waals surface area contributed by atoms with Crippen LogP contribution in [0.2, 0.25) is 0 Å². The number of amides is 2. The van der Waals surface area contributed by atoms with Crippen LogP contribution in [0.1, 0.15) is 10.4 Å². The van der Waals surface area contributed by atoms with Gasteiger partial charge in [0.15, 0.2) is 6.04 Å². The number of thioether (sulfide) groups is 1. The normalized spacial score (nSPS) is 20.0. The van der Waals surface area contributed by atoms with E-state index in [0.29, 0.717) is 10.6 Å². The maximum absolute atomic E-state index is 14.5. The number of carbonyl (C=O) groups excluding carboxylic acids is 2. The first kappa shape index (κ1) is 23.7. The molecule has 0 aliphatic carbocycles. The number of halogens is 3.